The van der Waals surface area contributed by atoms with Gasteiger partial charge in [-0.2, -0.15) is 5.10 Å². The maximum Gasteiger partial charge on any atom is 0.126 e. The number of hydrogen-bond donors (Lipinski definition) is 1. The molecule has 1 aromatic carbocycles. The van der Waals surface area contributed by atoms with Crippen LogP contribution in [0.15, 0.2) is 22.7 Å². The van der Waals surface area contributed by atoms with Crippen LogP contribution < -0.4 is 5.32 Å². The van der Waals surface area contributed by atoms with Gasteiger partial charge in [0, 0.05) is 17.3 Å². The third-order valence-corrected chi connectivity index (χ3v) is 4.03. The largest absolute Gasteiger partial charge is 0.379 e. The molecule has 2 aromatic rings. The van der Waals surface area contributed by atoms with Crippen LogP contribution in [0.4, 0.5) is 10.1 Å². The molecule has 0 spiro atoms. The molecule has 0 aliphatic carbocycles. The van der Waals surface area contributed by atoms with E-state index in [9.17, 15) is 4.39 Å². The molecule has 0 aliphatic heterocycles. The van der Waals surface area contributed by atoms with Crippen LogP contribution >= 0.6 is 27.5 Å². The summed E-state index contributed by atoms with van der Waals surface area (Å²) in [5.74, 6) is -0.353. The van der Waals surface area contributed by atoms with E-state index in [0.29, 0.717) is 17.3 Å². The van der Waals surface area contributed by atoms with Gasteiger partial charge >= 0.3 is 0 Å². The topological polar surface area (TPSA) is 29.9 Å². The fourth-order valence-electron chi connectivity index (χ4n) is 1.88. The molecule has 1 heterocycles. The predicted octanol–water partition coefficient (Wildman–Crippen LogP) is 4.38. The molecule has 0 atom stereocenters. The van der Waals surface area contributed by atoms with Crippen LogP contribution in [0, 0.1) is 12.7 Å². The molecule has 0 unspecified atom stereocenters. The molecule has 0 aliphatic rings. The first-order valence-electron chi connectivity index (χ1n) is 5.93. The molecule has 0 bridgehead atoms. The van der Waals surface area contributed by atoms with E-state index in [4.69, 9.17) is 11.6 Å². The van der Waals surface area contributed by atoms with Gasteiger partial charge in [0.1, 0.15) is 5.82 Å². The van der Waals surface area contributed by atoms with Crippen molar-refractivity contribution < 1.29 is 4.39 Å². The molecule has 102 valence electrons. The molecular formula is C13H14BrClFN3. The number of halogens is 3. The highest BCUT2D eigenvalue weighted by molar-refractivity contribution is 9.10. The van der Waals surface area contributed by atoms with E-state index < -0.39 is 0 Å². The fourth-order valence-corrected chi connectivity index (χ4v) is 2.53. The van der Waals surface area contributed by atoms with Crippen LogP contribution in [0.1, 0.15) is 18.3 Å². The molecule has 0 amide bonds. The third-order valence-electron chi connectivity index (χ3n) is 2.78. The van der Waals surface area contributed by atoms with E-state index in [-0.39, 0.29) is 5.82 Å². The van der Waals surface area contributed by atoms with E-state index in [1.165, 1.54) is 12.1 Å². The van der Waals surface area contributed by atoms with Crippen molar-refractivity contribution in [2.45, 2.75) is 26.9 Å². The van der Waals surface area contributed by atoms with Gasteiger partial charge in [0.05, 0.1) is 22.4 Å². The number of hydrogen-bond acceptors (Lipinski definition) is 2. The van der Waals surface area contributed by atoms with Gasteiger partial charge < -0.3 is 5.32 Å². The number of aryl methyl sites for hydroxylation is 2. The van der Waals surface area contributed by atoms with Crippen LogP contribution in [0.25, 0.3) is 0 Å². The second-order valence-corrected chi connectivity index (χ2v) is 5.40. The zero-order chi connectivity index (χ0) is 14.0. The predicted molar refractivity (Wildman–Crippen MR) is 79.1 cm³/mol. The van der Waals surface area contributed by atoms with Crippen LogP contribution in [-0.2, 0) is 13.1 Å². The smallest absolute Gasteiger partial charge is 0.126 e. The van der Waals surface area contributed by atoms with Crippen molar-refractivity contribution in [3.8, 4) is 0 Å². The molecule has 0 saturated heterocycles. The van der Waals surface area contributed by atoms with Crippen molar-refractivity contribution in [1.29, 1.82) is 0 Å². The molecule has 3 nitrogen and oxygen atoms in total. The van der Waals surface area contributed by atoms with E-state index >= 15 is 0 Å². The Kier molecular flexibility index (Phi) is 4.47. The Hall–Kier alpha value is -1.07. The zero-order valence-corrected chi connectivity index (χ0v) is 13.0. The Bertz CT molecular complexity index is 578. The number of aromatic nitrogens is 2. The summed E-state index contributed by atoms with van der Waals surface area (Å²) in [6.07, 6.45) is 0. The van der Waals surface area contributed by atoms with Gasteiger partial charge in [0.25, 0.3) is 0 Å². The second-order valence-electron chi connectivity index (χ2n) is 4.17. The number of nitrogens with one attached hydrogen (secondary N) is 1. The lowest BCUT2D eigenvalue weighted by Gasteiger charge is -2.09. The van der Waals surface area contributed by atoms with Crippen LogP contribution in [0.5, 0.6) is 0 Å². The zero-order valence-electron chi connectivity index (χ0n) is 10.7. The normalized spacial score (nSPS) is 10.8. The van der Waals surface area contributed by atoms with Gasteiger partial charge in [0.2, 0.25) is 0 Å². The molecule has 1 aromatic heterocycles. The highest BCUT2D eigenvalue weighted by Crippen LogP contribution is 2.23. The first kappa shape index (κ1) is 14.3. The summed E-state index contributed by atoms with van der Waals surface area (Å²) < 4.78 is 16.1. The molecule has 19 heavy (non-hydrogen) atoms. The number of nitrogens with zero attached hydrogens (tertiary/aromatic N) is 2. The lowest BCUT2D eigenvalue weighted by atomic mass is 10.3. The third kappa shape index (κ3) is 3.28. The summed E-state index contributed by atoms with van der Waals surface area (Å²) in [7, 11) is 0. The number of rotatable bonds is 4. The fraction of sp³-hybridized carbons (Fsp3) is 0.308. The Morgan fingerprint density at radius 1 is 1.42 bits per heavy atom. The summed E-state index contributed by atoms with van der Waals surface area (Å²) in [4.78, 5) is 0. The first-order valence-corrected chi connectivity index (χ1v) is 7.10. The standard InChI is InChI=1S/C13H14BrClFN3/c1-3-19-12(13(14)8(2)18-19)7-17-11-5-9(15)4-10(16)6-11/h4-6,17H,3,7H2,1-2H3. The van der Waals surface area contributed by atoms with Crippen molar-refractivity contribution in [3.05, 3.63) is 44.9 Å². The molecule has 6 heteroatoms. The van der Waals surface area contributed by atoms with Crippen LogP contribution in [0.2, 0.25) is 5.02 Å². The van der Waals surface area contributed by atoms with E-state index in [1.807, 2.05) is 18.5 Å². The maximum absolute atomic E-state index is 13.2. The van der Waals surface area contributed by atoms with E-state index in [2.05, 4.69) is 26.3 Å². The molecular weight excluding hydrogens is 333 g/mol. The van der Waals surface area contributed by atoms with Crippen molar-refractivity contribution in [2.24, 2.45) is 0 Å². The molecule has 0 saturated carbocycles. The summed E-state index contributed by atoms with van der Waals surface area (Å²) in [5.41, 5.74) is 2.62. The summed E-state index contributed by atoms with van der Waals surface area (Å²) in [6, 6.07) is 4.39. The maximum atomic E-state index is 13.2. The molecule has 0 fully saturated rings. The summed E-state index contributed by atoms with van der Waals surface area (Å²) in [6.45, 7) is 5.31. The Balaban J connectivity index is 2.18. The Morgan fingerprint density at radius 3 is 2.79 bits per heavy atom. The molecule has 1 N–H and O–H groups in total. The summed E-state index contributed by atoms with van der Waals surface area (Å²) in [5, 5.41) is 7.94. The summed E-state index contributed by atoms with van der Waals surface area (Å²) >= 11 is 9.34. The van der Waals surface area contributed by atoms with Crippen molar-refractivity contribution in [3.63, 3.8) is 0 Å². The monoisotopic (exact) mass is 345 g/mol. The minimum absolute atomic E-state index is 0.353. The van der Waals surface area contributed by atoms with Crippen molar-refractivity contribution in [1.82, 2.24) is 9.78 Å². The van der Waals surface area contributed by atoms with Gasteiger partial charge in [-0.25, -0.2) is 4.39 Å². The number of benzene rings is 1. The van der Waals surface area contributed by atoms with Gasteiger partial charge in [-0.1, -0.05) is 11.6 Å². The Morgan fingerprint density at radius 2 is 2.16 bits per heavy atom. The van der Waals surface area contributed by atoms with Gasteiger partial charge in [0.15, 0.2) is 0 Å². The molecule has 0 radical (unpaired) electrons. The first-order chi connectivity index (χ1) is 9.01. The average Bonchev–Trinajstić information content (AvgIpc) is 2.62. The lowest BCUT2D eigenvalue weighted by molar-refractivity contribution is 0.620. The van der Waals surface area contributed by atoms with E-state index in [0.717, 1.165) is 22.4 Å². The molecule has 2 rings (SSSR count). The quantitative estimate of drug-likeness (QED) is 0.890. The second kappa shape index (κ2) is 5.92. The van der Waals surface area contributed by atoms with E-state index in [1.54, 1.807) is 6.07 Å². The Labute approximate surface area is 124 Å². The van der Waals surface area contributed by atoms with Gasteiger partial charge in [-0.15, -0.1) is 0 Å². The minimum Gasteiger partial charge on any atom is -0.379 e. The average molecular weight is 347 g/mol. The van der Waals surface area contributed by atoms with Crippen molar-refractivity contribution >= 4 is 33.2 Å². The van der Waals surface area contributed by atoms with Gasteiger partial charge in [-0.05, 0) is 48.0 Å². The minimum atomic E-state index is -0.353. The van der Waals surface area contributed by atoms with Crippen molar-refractivity contribution in [2.75, 3.05) is 5.32 Å². The highest BCUT2D eigenvalue weighted by Gasteiger charge is 2.11. The lowest BCUT2D eigenvalue weighted by Crippen LogP contribution is -2.08. The van der Waals surface area contributed by atoms with Crippen LogP contribution in [0.3, 0.4) is 0 Å². The number of anilines is 1. The SMILES string of the molecule is CCn1nc(C)c(Br)c1CNc1cc(F)cc(Cl)c1. The highest BCUT2D eigenvalue weighted by atomic mass is 79.9. The van der Waals surface area contributed by atoms with Crippen LogP contribution in [-0.4, -0.2) is 9.78 Å². The van der Waals surface area contributed by atoms with Gasteiger partial charge in [-0.3, -0.25) is 4.68 Å².